The van der Waals surface area contributed by atoms with Gasteiger partial charge >= 0.3 is 6.09 Å². The Kier molecular flexibility index (Phi) is 4.46. The fourth-order valence-electron chi connectivity index (χ4n) is 2.27. The van der Waals surface area contributed by atoms with Crippen molar-refractivity contribution in [1.29, 1.82) is 0 Å². The van der Waals surface area contributed by atoms with Crippen LogP contribution in [0.15, 0.2) is 42.6 Å². The summed E-state index contributed by atoms with van der Waals surface area (Å²) >= 11 is 0. The van der Waals surface area contributed by atoms with Gasteiger partial charge in [-0.15, -0.1) is 0 Å². The summed E-state index contributed by atoms with van der Waals surface area (Å²) in [5.41, 5.74) is 0.545. The minimum Gasteiger partial charge on any atom is -0.443 e. The molecule has 4 nitrogen and oxygen atoms in total. The van der Waals surface area contributed by atoms with Crippen LogP contribution in [-0.4, -0.2) is 28.4 Å². The zero-order valence-electron chi connectivity index (χ0n) is 12.7. The van der Waals surface area contributed by atoms with Gasteiger partial charge in [0, 0.05) is 12.6 Å². The van der Waals surface area contributed by atoms with Crippen LogP contribution in [0.2, 0.25) is 0 Å². The topological polar surface area (TPSA) is 46.6 Å². The van der Waals surface area contributed by atoms with Crippen molar-refractivity contribution >= 4 is 11.9 Å². The van der Waals surface area contributed by atoms with Crippen LogP contribution in [0.3, 0.4) is 0 Å². The molecule has 1 amide bonds. The fourth-order valence-corrected chi connectivity index (χ4v) is 2.27. The molecule has 1 aromatic rings. The number of rotatable bonds is 2. The van der Waals surface area contributed by atoms with Crippen molar-refractivity contribution in [3.63, 3.8) is 0 Å². The van der Waals surface area contributed by atoms with Crippen molar-refractivity contribution in [3.8, 4) is 0 Å². The molecule has 0 fully saturated rings. The number of ketones is 1. The zero-order chi connectivity index (χ0) is 15.5. The Morgan fingerprint density at radius 1 is 1.29 bits per heavy atom. The van der Waals surface area contributed by atoms with E-state index in [0.29, 0.717) is 12.8 Å². The molecule has 1 heterocycles. The first-order valence-corrected chi connectivity index (χ1v) is 7.11. The van der Waals surface area contributed by atoms with Crippen LogP contribution < -0.4 is 0 Å². The summed E-state index contributed by atoms with van der Waals surface area (Å²) in [5.74, 6) is 0.0377. The highest BCUT2D eigenvalue weighted by Gasteiger charge is 2.30. The number of amides is 1. The Hall–Kier alpha value is -2.10. The second-order valence-electron chi connectivity index (χ2n) is 6.22. The van der Waals surface area contributed by atoms with E-state index < -0.39 is 11.7 Å². The van der Waals surface area contributed by atoms with Crippen molar-refractivity contribution in [3.05, 3.63) is 48.2 Å². The van der Waals surface area contributed by atoms with Gasteiger partial charge in [0.2, 0.25) is 0 Å². The van der Waals surface area contributed by atoms with Crippen LogP contribution >= 0.6 is 0 Å². The summed E-state index contributed by atoms with van der Waals surface area (Å²) in [5, 5.41) is 0. The summed E-state index contributed by atoms with van der Waals surface area (Å²) in [6.45, 7) is 5.49. The van der Waals surface area contributed by atoms with E-state index in [1.54, 1.807) is 0 Å². The van der Waals surface area contributed by atoms with Crippen molar-refractivity contribution in [2.75, 3.05) is 0 Å². The van der Waals surface area contributed by atoms with Gasteiger partial charge in [0.25, 0.3) is 0 Å². The van der Waals surface area contributed by atoms with Crippen molar-refractivity contribution in [1.82, 2.24) is 4.90 Å². The van der Waals surface area contributed by atoms with E-state index in [1.165, 1.54) is 17.2 Å². The van der Waals surface area contributed by atoms with E-state index in [-0.39, 0.29) is 11.8 Å². The van der Waals surface area contributed by atoms with Crippen LogP contribution in [-0.2, 0) is 16.0 Å². The van der Waals surface area contributed by atoms with E-state index in [2.05, 4.69) is 0 Å². The first kappa shape index (κ1) is 15.3. The largest absolute Gasteiger partial charge is 0.443 e. The van der Waals surface area contributed by atoms with E-state index in [4.69, 9.17) is 4.74 Å². The van der Waals surface area contributed by atoms with Crippen molar-refractivity contribution in [2.45, 2.75) is 45.3 Å². The smallest absolute Gasteiger partial charge is 0.414 e. The van der Waals surface area contributed by atoms with Gasteiger partial charge < -0.3 is 4.74 Å². The predicted octanol–water partition coefficient (Wildman–Crippen LogP) is 3.32. The van der Waals surface area contributed by atoms with Crippen molar-refractivity contribution in [2.24, 2.45) is 0 Å². The molecular formula is C17H21NO3. The maximum absolute atomic E-state index is 12.3. The van der Waals surface area contributed by atoms with E-state index in [9.17, 15) is 9.59 Å². The molecule has 2 rings (SSSR count). The molecule has 0 bridgehead atoms. The van der Waals surface area contributed by atoms with E-state index >= 15 is 0 Å². The summed E-state index contributed by atoms with van der Waals surface area (Å²) in [4.78, 5) is 25.4. The normalized spacial score (nSPS) is 18.7. The van der Waals surface area contributed by atoms with Crippen LogP contribution in [0.5, 0.6) is 0 Å². The average molecular weight is 287 g/mol. The second-order valence-corrected chi connectivity index (χ2v) is 6.22. The molecular weight excluding hydrogens is 266 g/mol. The Balaban J connectivity index is 2.14. The van der Waals surface area contributed by atoms with Gasteiger partial charge in [-0.3, -0.25) is 9.69 Å². The average Bonchev–Trinajstić information content (AvgIpc) is 2.37. The van der Waals surface area contributed by atoms with Gasteiger partial charge in [0.15, 0.2) is 5.78 Å². The molecule has 1 atom stereocenters. The molecule has 0 saturated carbocycles. The highest BCUT2D eigenvalue weighted by molar-refractivity contribution is 5.92. The predicted molar refractivity (Wildman–Crippen MR) is 80.8 cm³/mol. The number of hydrogen-bond donors (Lipinski definition) is 0. The fraction of sp³-hybridized carbons (Fsp3) is 0.412. The SMILES string of the molecule is CC(C)(C)OC(=O)N1C=CC(=O)CC1Cc1ccccc1. The van der Waals surface area contributed by atoms with Gasteiger partial charge in [-0.25, -0.2) is 4.79 Å². The lowest BCUT2D eigenvalue weighted by molar-refractivity contribution is -0.116. The third kappa shape index (κ3) is 4.45. The van der Waals surface area contributed by atoms with Gasteiger partial charge in [0.1, 0.15) is 5.60 Å². The Bertz CT molecular complexity index is 543. The number of ether oxygens (including phenoxy) is 1. The summed E-state index contributed by atoms with van der Waals surface area (Å²) in [7, 11) is 0. The first-order valence-electron chi connectivity index (χ1n) is 7.11. The highest BCUT2D eigenvalue weighted by atomic mass is 16.6. The molecule has 0 aromatic heterocycles. The molecule has 0 N–H and O–H groups in total. The molecule has 0 spiro atoms. The summed E-state index contributed by atoms with van der Waals surface area (Å²) < 4.78 is 5.40. The van der Waals surface area contributed by atoms with Crippen LogP contribution in [0.4, 0.5) is 4.79 Å². The second kappa shape index (κ2) is 6.12. The summed E-state index contributed by atoms with van der Waals surface area (Å²) in [6.07, 6.45) is 3.52. The quantitative estimate of drug-likeness (QED) is 0.838. The maximum Gasteiger partial charge on any atom is 0.414 e. The zero-order valence-corrected chi connectivity index (χ0v) is 12.7. The molecule has 21 heavy (non-hydrogen) atoms. The molecule has 0 aliphatic carbocycles. The molecule has 1 aliphatic heterocycles. The molecule has 1 unspecified atom stereocenters. The first-order chi connectivity index (χ1) is 9.85. The number of carbonyl (C=O) groups is 2. The third-order valence-electron chi connectivity index (χ3n) is 3.17. The van der Waals surface area contributed by atoms with Crippen molar-refractivity contribution < 1.29 is 14.3 Å². The number of carbonyl (C=O) groups excluding carboxylic acids is 2. The van der Waals surface area contributed by atoms with Crippen LogP contribution in [0.1, 0.15) is 32.8 Å². The van der Waals surface area contributed by atoms with Gasteiger partial charge in [-0.05, 0) is 38.8 Å². The summed E-state index contributed by atoms with van der Waals surface area (Å²) in [6, 6.07) is 9.65. The van der Waals surface area contributed by atoms with E-state index in [1.807, 2.05) is 51.1 Å². The number of hydrogen-bond acceptors (Lipinski definition) is 3. The molecule has 1 aromatic carbocycles. The molecule has 0 radical (unpaired) electrons. The Morgan fingerprint density at radius 3 is 2.57 bits per heavy atom. The third-order valence-corrected chi connectivity index (χ3v) is 3.17. The maximum atomic E-state index is 12.3. The minimum absolute atomic E-state index is 0.0377. The van der Waals surface area contributed by atoms with Crippen LogP contribution in [0, 0.1) is 0 Å². The standard InChI is InChI=1S/C17H21NO3/c1-17(2,3)21-16(20)18-10-9-15(19)12-14(18)11-13-7-5-4-6-8-13/h4-10,14H,11-12H2,1-3H3. The molecule has 112 valence electrons. The lowest BCUT2D eigenvalue weighted by atomic mass is 9.98. The number of allylic oxidation sites excluding steroid dienone is 1. The van der Waals surface area contributed by atoms with Gasteiger partial charge in [-0.2, -0.15) is 0 Å². The number of benzene rings is 1. The lowest BCUT2D eigenvalue weighted by Gasteiger charge is -2.32. The highest BCUT2D eigenvalue weighted by Crippen LogP contribution is 2.20. The monoisotopic (exact) mass is 287 g/mol. The molecule has 1 aliphatic rings. The number of nitrogens with zero attached hydrogens (tertiary/aromatic N) is 1. The van der Waals surface area contributed by atoms with Gasteiger partial charge in [0.05, 0.1) is 6.04 Å². The van der Waals surface area contributed by atoms with Gasteiger partial charge in [-0.1, -0.05) is 30.3 Å². The molecule has 4 heteroatoms. The van der Waals surface area contributed by atoms with E-state index in [0.717, 1.165) is 5.56 Å². The minimum atomic E-state index is -0.552. The lowest BCUT2D eigenvalue weighted by Crippen LogP contribution is -2.44. The van der Waals surface area contributed by atoms with Crippen LogP contribution in [0.25, 0.3) is 0 Å². The molecule has 0 saturated heterocycles. The Morgan fingerprint density at radius 2 is 1.95 bits per heavy atom. The Labute approximate surface area is 125 Å².